The third kappa shape index (κ3) is 3.18. The minimum absolute atomic E-state index is 0. The summed E-state index contributed by atoms with van der Waals surface area (Å²) in [6, 6.07) is 0. The molecule has 1 amide bonds. The second kappa shape index (κ2) is 5.39. The van der Waals surface area contributed by atoms with Crippen molar-refractivity contribution in [3.05, 3.63) is 18.2 Å². The first-order valence-electron chi connectivity index (χ1n) is 3.91. The molecule has 1 heterocycles. The Kier molecular flexibility index (Phi) is 4.86. The lowest BCUT2D eigenvalue weighted by atomic mass is 10.3. The molecular formula is C8H12ClN3O2. The second-order valence-electron chi connectivity index (χ2n) is 2.76. The lowest BCUT2D eigenvalue weighted by molar-refractivity contribution is -0.117. The maximum atomic E-state index is 10.8. The van der Waals surface area contributed by atoms with Crippen LogP contribution in [-0.2, 0) is 11.3 Å². The number of nitrogens with zero attached hydrogens (tertiary/aromatic N) is 2. The summed E-state index contributed by atoms with van der Waals surface area (Å²) in [5.41, 5.74) is 5.06. The van der Waals surface area contributed by atoms with Gasteiger partial charge >= 0.3 is 0 Å². The molecule has 1 aromatic heterocycles. The normalized spacial score (nSPS) is 9.21. The number of primary amides is 1. The van der Waals surface area contributed by atoms with Crippen LogP contribution in [0.25, 0.3) is 0 Å². The number of rotatable bonds is 4. The van der Waals surface area contributed by atoms with Gasteiger partial charge < -0.3 is 10.3 Å². The van der Waals surface area contributed by atoms with Gasteiger partial charge in [-0.25, -0.2) is 4.98 Å². The van der Waals surface area contributed by atoms with E-state index in [9.17, 15) is 9.59 Å². The van der Waals surface area contributed by atoms with E-state index in [1.165, 1.54) is 13.1 Å². The number of amides is 1. The van der Waals surface area contributed by atoms with Crippen molar-refractivity contribution in [3.63, 3.8) is 0 Å². The molecular weight excluding hydrogens is 206 g/mol. The molecule has 1 rings (SSSR count). The van der Waals surface area contributed by atoms with Crippen LogP contribution < -0.4 is 5.73 Å². The van der Waals surface area contributed by atoms with Crippen molar-refractivity contribution in [1.29, 1.82) is 0 Å². The number of hydrogen-bond acceptors (Lipinski definition) is 3. The minimum atomic E-state index is -0.575. The largest absolute Gasteiger partial charge is 0.363 e. The summed E-state index contributed by atoms with van der Waals surface area (Å²) in [6.45, 7) is 1.95. The number of nitrogens with two attached hydrogens (primary N) is 1. The number of carbonyl (C=O) groups excluding carboxylic acids is 2. The molecule has 0 saturated heterocycles. The first kappa shape index (κ1) is 12.6. The van der Waals surface area contributed by atoms with E-state index in [0.717, 1.165) is 0 Å². The van der Waals surface area contributed by atoms with E-state index in [1.54, 1.807) is 10.8 Å². The Bertz CT molecular complexity index is 335. The van der Waals surface area contributed by atoms with E-state index in [1.807, 2.05) is 0 Å². The van der Waals surface area contributed by atoms with Crippen molar-refractivity contribution in [2.24, 2.45) is 5.73 Å². The Morgan fingerprint density at radius 3 is 2.71 bits per heavy atom. The lowest BCUT2D eigenvalue weighted by Crippen LogP contribution is -2.18. The van der Waals surface area contributed by atoms with E-state index < -0.39 is 5.91 Å². The Hall–Kier alpha value is -1.36. The minimum Gasteiger partial charge on any atom is -0.363 e. The van der Waals surface area contributed by atoms with Gasteiger partial charge in [0.1, 0.15) is 5.78 Å². The SMILES string of the molecule is CC(=O)CCn1ccnc1C(N)=O.Cl. The molecule has 5 nitrogen and oxygen atoms in total. The fourth-order valence-electron chi connectivity index (χ4n) is 0.993. The molecule has 0 aromatic carbocycles. The summed E-state index contributed by atoms with van der Waals surface area (Å²) in [5.74, 6) is -0.307. The summed E-state index contributed by atoms with van der Waals surface area (Å²) in [5, 5.41) is 0. The van der Waals surface area contributed by atoms with Gasteiger partial charge in [-0.1, -0.05) is 0 Å². The molecule has 0 unspecified atom stereocenters. The maximum absolute atomic E-state index is 10.8. The third-order valence-electron chi connectivity index (χ3n) is 1.64. The first-order chi connectivity index (χ1) is 6.11. The van der Waals surface area contributed by atoms with Crippen LogP contribution in [-0.4, -0.2) is 21.2 Å². The molecule has 0 aliphatic carbocycles. The van der Waals surface area contributed by atoms with Gasteiger partial charge in [0.15, 0.2) is 5.82 Å². The average Bonchev–Trinajstić information content (AvgIpc) is 2.47. The van der Waals surface area contributed by atoms with Crippen molar-refractivity contribution >= 4 is 24.1 Å². The zero-order chi connectivity index (χ0) is 9.84. The fourth-order valence-corrected chi connectivity index (χ4v) is 0.993. The third-order valence-corrected chi connectivity index (χ3v) is 1.64. The molecule has 0 aliphatic rings. The monoisotopic (exact) mass is 217 g/mol. The van der Waals surface area contributed by atoms with Crippen molar-refractivity contribution < 1.29 is 9.59 Å². The Morgan fingerprint density at radius 1 is 1.57 bits per heavy atom. The van der Waals surface area contributed by atoms with Gasteiger partial charge in [0.2, 0.25) is 0 Å². The van der Waals surface area contributed by atoms with Gasteiger partial charge in [-0.3, -0.25) is 9.59 Å². The molecule has 0 fully saturated rings. The van der Waals surface area contributed by atoms with Gasteiger partial charge in [0.05, 0.1) is 0 Å². The molecule has 2 N–H and O–H groups in total. The van der Waals surface area contributed by atoms with Crippen LogP contribution >= 0.6 is 12.4 Å². The van der Waals surface area contributed by atoms with E-state index >= 15 is 0 Å². The quantitative estimate of drug-likeness (QED) is 0.792. The summed E-state index contributed by atoms with van der Waals surface area (Å²) < 4.78 is 1.57. The average molecular weight is 218 g/mol. The van der Waals surface area contributed by atoms with Crippen molar-refractivity contribution in [2.45, 2.75) is 19.9 Å². The first-order valence-corrected chi connectivity index (χ1v) is 3.91. The van der Waals surface area contributed by atoms with Crippen LogP contribution in [0.4, 0.5) is 0 Å². The maximum Gasteiger partial charge on any atom is 0.284 e. The fraction of sp³-hybridized carbons (Fsp3) is 0.375. The molecule has 0 spiro atoms. The Balaban J connectivity index is 0.00000169. The number of aryl methyl sites for hydroxylation is 1. The number of ketones is 1. The van der Waals surface area contributed by atoms with Crippen molar-refractivity contribution in [2.75, 3.05) is 0 Å². The predicted octanol–water partition coefficient (Wildman–Crippen LogP) is 0.383. The van der Waals surface area contributed by atoms with Crippen LogP contribution in [0.5, 0.6) is 0 Å². The standard InChI is InChI=1S/C8H11N3O2.ClH/c1-6(12)2-4-11-5-3-10-8(11)7(9)13;/h3,5H,2,4H2,1H3,(H2,9,13);1H. The number of imidazole rings is 1. The molecule has 1 aromatic rings. The number of hydrogen-bond donors (Lipinski definition) is 1. The topological polar surface area (TPSA) is 78.0 Å². The predicted molar refractivity (Wildman–Crippen MR) is 53.3 cm³/mol. The number of carbonyl (C=O) groups is 2. The summed E-state index contributed by atoms with van der Waals surface area (Å²) >= 11 is 0. The number of aromatic nitrogens is 2. The Morgan fingerprint density at radius 2 is 2.21 bits per heavy atom. The van der Waals surface area contributed by atoms with Crippen molar-refractivity contribution in [1.82, 2.24) is 9.55 Å². The molecule has 0 bridgehead atoms. The molecule has 0 saturated carbocycles. The Labute approximate surface area is 87.7 Å². The number of halogens is 1. The van der Waals surface area contributed by atoms with Crippen LogP contribution in [0.15, 0.2) is 12.4 Å². The zero-order valence-electron chi connectivity index (χ0n) is 7.77. The molecule has 0 radical (unpaired) electrons. The smallest absolute Gasteiger partial charge is 0.284 e. The van der Waals surface area contributed by atoms with Crippen molar-refractivity contribution in [3.8, 4) is 0 Å². The number of Topliss-reactive ketones (excluding diaryl/α,β-unsaturated/α-hetero) is 1. The highest BCUT2D eigenvalue weighted by molar-refractivity contribution is 5.89. The van der Waals surface area contributed by atoms with E-state index in [4.69, 9.17) is 5.73 Å². The van der Waals surface area contributed by atoms with E-state index in [-0.39, 0.29) is 24.0 Å². The summed E-state index contributed by atoms with van der Waals surface area (Å²) in [6.07, 6.45) is 3.50. The highest BCUT2D eigenvalue weighted by Crippen LogP contribution is 1.98. The highest BCUT2D eigenvalue weighted by Gasteiger charge is 2.08. The van der Waals surface area contributed by atoms with E-state index in [0.29, 0.717) is 13.0 Å². The van der Waals surface area contributed by atoms with Gasteiger partial charge in [-0.2, -0.15) is 0 Å². The summed E-state index contributed by atoms with van der Waals surface area (Å²) in [4.78, 5) is 25.2. The van der Waals surface area contributed by atoms with E-state index in [2.05, 4.69) is 4.98 Å². The van der Waals surface area contributed by atoms with Gasteiger partial charge in [0.25, 0.3) is 5.91 Å². The van der Waals surface area contributed by atoms with Gasteiger partial charge in [-0.15, -0.1) is 12.4 Å². The summed E-state index contributed by atoms with van der Waals surface area (Å²) in [7, 11) is 0. The zero-order valence-corrected chi connectivity index (χ0v) is 8.58. The molecule has 78 valence electrons. The molecule has 0 atom stereocenters. The van der Waals surface area contributed by atoms with Crippen LogP contribution in [0, 0.1) is 0 Å². The van der Waals surface area contributed by atoms with Crippen LogP contribution in [0.3, 0.4) is 0 Å². The van der Waals surface area contributed by atoms with Gasteiger partial charge in [-0.05, 0) is 6.92 Å². The molecule has 6 heteroatoms. The van der Waals surface area contributed by atoms with Gasteiger partial charge in [0, 0.05) is 25.4 Å². The van der Waals surface area contributed by atoms with Crippen LogP contribution in [0.2, 0.25) is 0 Å². The lowest BCUT2D eigenvalue weighted by Gasteiger charge is -2.02. The highest BCUT2D eigenvalue weighted by atomic mass is 35.5. The van der Waals surface area contributed by atoms with Crippen LogP contribution in [0.1, 0.15) is 24.0 Å². The molecule has 0 aliphatic heterocycles. The second-order valence-corrected chi connectivity index (χ2v) is 2.76. The molecule has 14 heavy (non-hydrogen) atoms.